The van der Waals surface area contributed by atoms with Crippen molar-refractivity contribution in [2.75, 3.05) is 6.54 Å². The third-order valence-electron chi connectivity index (χ3n) is 3.47. The predicted molar refractivity (Wildman–Crippen MR) is 74.1 cm³/mol. The van der Waals surface area contributed by atoms with Crippen molar-refractivity contribution in [3.05, 3.63) is 34.3 Å². The van der Waals surface area contributed by atoms with E-state index in [1.807, 2.05) is 6.07 Å². The number of nitrogens with two attached hydrogens (primary N) is 1. The van der Waals surface area contributed by atoms with E-state index in [1.54, 1.807) is 0 Å². The van der Waals surface area contributed by atoms with Gasteiger partial charge in [-0.1, -0.05) is 28.1 Å². The van der Waals surface area contributed by atoms with Crippen LogP contribution in [0.25, 0.3) is 0 Å². The van der Waals surface area contributed by atoms with Gasteiger partial charge in [-0.25, -0.2) is 0 Å². The molecule has 0 radical (unpaired) electrons. The van der Waals surface area contributed by atoms with Crippen LogP contribution in [-0.4, -0.2) is 18.8 Å². The maximum Gasteiger partial charge on any atom is 0.0586 e. The Morgan fingerprint density at radius 3 is 2.88 bits per heavy atom. The first-order valence-corrected chi connectivity index (χ1v) is 7.09. The van der Waals surface area contributed by atoms with Crippen LogP contribution in [0.3, 0.4) is 0 Å². The highest BCUT2D eigenvalue weighted by Gasteiger charge is 2.25. The van der Waals surface area contributed by atoms with Gasteiger partial charge in [-0.3, -0.25) is 0 Å². The Morgan fingerprint density at radius 2 is 2.29 bits per heavy atom. The zero-order valence-corrected chi connectivity index (χ0v) is 11.8. The Labute approximate surface area is 112 Å². The van der Waals surface area contributed by atoms with Gasteiger partial charge >= 0.3 is 0 Å². The molecule has 3 heteroatoms. The van der Waals surface area contributed by atoms with Gasteiger partial charge < -0.3 is 10.5 Å². The van der Waals surface area contributed by atoms with Crippen LogP contribution in [0.2, 0.25) is 0 Å². The first-order valence-electron chi connectivity index (χ1n) is 6.30. The maximum absolute atomic E-state index is 5.90. The summed E-state index contributed by atoms with van der Waals surface area (Å²) < 4.78 is 7.00. The summed E-state index contributed by atoms with van der Waals surface area (Å²) in [4.78, 5) is 0. The van der Waals surface area contributed by atoms with Crippen LogP contribution in [0.1, 0.15) is 37.7 Å². The molecule has 1 aromatic carbocycles. The summed E-state index contributed by atoms with van der Waals surface area (Å²) in [5, 5.41) is 0. The zero-order chi connectivity index (χ0) is 12.3. The Hall–Kier alpha value is -0.380. The first kappa shape index (κ1) is 13.1. The van der Waals surface area contributed by atoms with E-state index >= 15 is 0 Å². The van der Waals surface area contributed by atoms with Crippen molar-refractivity contribution in [2.45, 2.75) is 44.3 Å². The van der Waals surface area contributed by atoms with Crippen molar-refractivity contribution in [1.82, 2.24) is 0 Å². The van der Waals surface area contributed by atoms with Gasteiger partial charge in [0.2, 0.25) is 0 Å². The summed E-state index contributed by atoms with van der Waals surface area (Å²) >= 11 is 3.51. The summed E-state index contributed by atoms with van der Waals surface area (Å²) in [6.07, 6.45) is 4.20. The molecular weight excluding hydrogens is 278 g/mol. The van der Waals surface area contributed by atoms with Crippen LogP contribution in [0.4, 0.5) is 0 Å². The summed E-state index contributed by atoms with van der Waals surface area (Å²) in [6.45, 7) is 2.83. The van der Waals surface area contributed by atoms with Gasteiger partial charge in [-0.15, -0.1) is 0 Å². The summed E-state index contributed by atoms with van der Waals surface area (Å²) in [6, 6.07) is 8.43. The van der Waals surface area contributed by atoms with Crippen molar-refractivity contribution >= 4 is 15.9 Å². The molecule has 1 heterocycles. The van der Waals surface area contributed by atoms with Gasteiger partial charge in [0.15, 0.2) is 0 Å². The largest absolute Gasteiger partial charge is 0.375 e. The second-order valence-electron chi connectivity index (χ2n) is 4.87. The molecule has 17 heavy (non-hydrogen) atoms. The smallest absolute Gasteiger partial charge is 0.0586 e. The topological polar surface area (TPSA) is 35.2 Å². The van der Waals surface area contributed by atoms with Crippen LogP contribution in [-0.2, 0) is 4.74 Å². The van der Waals surface area contributed by atoms with Crippen LogP contribution in [0.15, 0.2) is 28.7 Å². The van der Waals surface area contributed by atoms with E-state index < -0.39 is 0 Å². The minimum Gasteiger partial charge on any atom is -0.375 e. The fourth-order valence-electron chi connectivity index (χ4n) is 2.50. The molecule has 0 aliphatic carbocycles. The number of hydrogen-bond acceptors (Lipinski definition) is 2. The van der Waals surface area contributed by atoms with Gasteiger partial charge in [0.1, 0.15) is 0 Å². The van der Waals surface area contributed by atoms with E-state index in [0.29, 0.717) is 24.7 Å². The summed E-state index contributed by atoms with van der Waals surface area (Å²) in [5.41, 5.74) is 7.21. The minimum atomic E-state index is 0.387. The Balaban J connectivity index is 2.01. The van der Waals surface area contributed by atoms with E-state index in [1.165, 1.54) is 18.4 Å². The normalized spacial score (nSPS) is 26.1. The quantitative estimate of drug-likeness (QED) is 0.924. The fraction of sp³-hybridized carbons (Fsp3) is 0.571. The highest BCUT2D eigenvalue weighted by Crippen LogP contribution is 2.29. The average Bonchev–Trinajstić information content (AvgIpc) is 2.72. The molecular formula is C14H20BrNO. The lowest BCUT2D eigenvalue weighted by Crippen LogP contribution is -2.19. The number of benzene rings is 1. The number of ether oxygens (including phenoxy) is 1. The fourth-order valence-corrected chi connectivity index (χ4v) is 2.92. The molecule has 2 nitrogen and oxygen atoms in total. The Kier molecular flexibility index (Phi) is 4.60. The second kappa shape index (κ2) is 5.98. The first-order chi connectivity index (χ1) is 8.19. The Morgan fingerprint density at radius 1 is 1.47 bits per heavy atom. The molecule has 1 fully saturated rings. The molecule has 0 bridgehead atoms. The van der Waals surface area contributed by atoms with Crippen molar-refractivity contribution in [3.8, 4) is 0 Å². The molecule has 1 aliphatic rings. The SMILES string of the molecule is CC1CCC(CC(CN)c2cccc(Br)c2)O1. The van der Waals surface area contributed by atoms with Gasteiger partial charge in [0.25, 0.3) is 0 Å². The molecule has 2 rings (SSSR count). The second-order valence-corrected chi connectivity index (χ2v) is 5.79. The lowest BCUT2D eigenvalue weighted by molar-refractivity contribution is 0.0470. The van der Waals surface area contributed by atoms with E-state index in [0.717, 1.165) is 10.9 Å². The molecule has 3 atom stereocenters. The summed E-state index contributed by atoms with van der Waals surface area (Å²) in [5.74, 6) is 0.405. The molecule has 1 aromatic rings. The molecule has 0 amide bonds. The van der Waals surface area contributed by atoms with Gasteiger partial charge in [-0.2, -0.15) is 0 Å². The average molecular weight is 298 g/mol. The molecule has 2 N–H and O–H groups in total. The van der Waals surface area contributed by atoms with Crippen LogP contribution in [0.5, 0.6) is 0 Å². The molecule has 1 saturated heterocycles. The van der Waals surface area contributed by atoms with Crippen molar-refractivity contribution in [3.63, 3.8) is 0 Å². The third-order valence-corrected chi connectivity index (χ3v) is 3.97. The monoisotopic (exact) mass is 297 g/mol. The van der Waals surface area contributed by atoms with Crippen molar-refractivity contribution in [1.29, 1.82) is 0 Å². The van der Waals surface area contributed by atoms with E-state index in [-0.39, 0.29) is 0 Å². The van der Waals surface area contributed by atoms with Gasteiger partial charge in [0, 0.05) is 4.47 Å². The Bertz CT molecular complexity index is 369. The predicted octanol–water partition coefficient (Wildman–Crippen LogP) is 3.45. The highest BCUT2D eigenvalue weighted by molar-refractivity contribution is 9.10. The van der Waals surface area contributed by atoms with Crippen LogP contribution < -0.4 is 5.73 Å². The molecule has 0 spiro atoms. The van der Waals surface area contributed by atoms with Crippen LogP contribution >= 0.6 is 15.9 Å². The van der Waals surface area contributed by atoms with Crippen molar-refractivity contribution in [2.24, 2.45) is 5.73 Å². The number of rotatable bonds is 4. The molecule has 0 saturated carbocycles. The molecule has 0 aromatic heterocycles. The standard InChI is InChI=1S/C14H20BrNO/c1-10-5-6-14(17-10)8-12(9-16)11-3-2-4-13(15)7-11/h2-4,7,10,12,14H,5-6,8-9,16H2,1H3. The van der Waals surface area contributed by atoms with E-state index in [2.05, 4.69) is 41.1 Å². The summed E-state index contributed by atoms with van der Waals surface area (Å²) in [7, 11) is 0. The molecule has 1 aliphatic heterocycles. The van der Waals surface area contributed by atoms with Crippen LogP contribution in [0, 0.1) is 0 Å². The highest BCUT2D eigenvalue weighted by atomic mass is 79.9. The van der Waals surface area contributed by atoms with E-state index in [4.69, 9.17) is 10.5 Å². The molecule has 94 valence electrons. The third kappa shape index (κ3) is 3.54. The van der Waals surface area contributed by atoms with Gasteiger partial charge in [0.05, 0.1) is 12.2 Å². The van der Waals surface area contributed by atoms with E-state index in [9.17, 15) is 0 Å². The minimum absolute atomic E-state index is 0.387. The lowest BCUT2D eigenvalue weighted by atomic mass is 9.92. The van der Waals surface area contributed by atoms with Gasteiger partial charge in [-0.05, 0) is 56.3 Å². The zero-order valence-electron chi connectivity index (χ0n) is 10.2. The maximum atomic E-state index is 5.90. The lowest BCUT2D eigenvalue weighted by Gasteiger charge is -2.20. The number of hydrogen-bond donors (Lipinski definition) is 1. The number of halogens is 1. The molecule has 3 unspecified atom stereocenters. The van der Waals surface area contributed by atoms with Crippen molar-refractivity contribution < 1.29 is 4.74 Å².